The second kappa shape index (κ2) is 19.5. The van der Waals surface area contributed by atoms with Crippen LogP contribution in [0.3, 0.4) is 0 Å². The first-order valence-corrected chi connectivity index (χ1v) is 34.2. The zero-order valence-electron chi connectivity index (χ0n) is 32.0. The van der Waals surface area contributed by atoms with Crippen LogP contribution in [0, 0.1) is 0 Å². The van der Waals surface area contributed by atoms with E-state index >= 15 is 0 Å². The molecule has 0 fully saturated rings. The summed E-state index contributed by atoms with van der Waals surface area (Å²) < 4.78 is 33.6. The summed E-state index contributed by atoms with van der Waals surface area (Å²) in [5, 5.41) is 2.26. The van der Waals surface area contributed by atoms with Crippen molar-refractivity contribution in [3.8, 4) is 0 Å². The maximum absolute atomic E-state index is 7.29. The zero-order chi connectivity index (χ0) is 38.3. The van der Waals surface area contributed by atoms with Gasteiger partial charge in [-0.25, -0.2) is 0 Å². The number of benzene rings is 2. The molecule has 0 saturated carbocycles. The summed E-state index contributed by atoms with van der Waals surface area (Å²) in [5.41, 5.74) is 14.6. The van der Waals surface area contributed by atoms with Gasteiger partial charge < -0.3 is 20.6 Å². The molecular formula is C38H62O5Si7. The van der Waals surface area contributed by atoms with Crippen LogP contribution in [0.15, 0.2) is 159 Å². The van der Waals surface area contributed by atoms with E-state index in [-0.39, 0.29) is 0 Å². The van der Waals surface area contributed by atoms with Gasteiger partial charge in [0.2, 0.25) is 8.32 Å². The number of hydrogen-bond donors (Lipinski definition) is 0. The third kappa shape index (κ3) is 12.4. The third-order valence-electron chi connectivity index (χ3n) is 8.62. The second-order valence-corrected chi connectivity index (χ2v) is 38.8. The SMILES string of the molecule is C=C[Si](C)(C=C)O[Si](C)(C)O[Si](O[Si](C)(CC)CC)(c1ccccc1)c1ccccc1.C=C[Si](C=C)(C=C)O[Si](C)(C)O[Si](C=C)(C=C)C=C. The quantitative estimate of drug-likeness (QED) is 0.111. The van der Waals surface area contributed by atoms with Gasteiger partial charge >= 0.3 is 25.7 Å². The molecule has 0 aliphatic rings. The summed E-state index contributed by atoms with van der Waals surface area (Å²) in [4.78, 5) is 0. The minimum absolute atomic E-state index is 1.04. The van der Waals surface area contributed by atoms with Crippen LogP contribution < -0.4 is 10.4 Å². The van der Waals surface area contributed by atoms with Gasteiger partial charge in [0.1, 0.15) is 0 Å². The van der Waals surface area contributed by atoms with Gasteiger partial charge in [0.05, 0.1) is 0 Å². The molecule has 0 bridgehead atoms. The molecule has 50 heavy (non-hydrogen) atoms. The van der Waals surface area contributed by atoms with Crippen molar-refractivity contribution in [1.29, 1.82) is 0 Å². The van der Waals surface area contributed by atoms with Gasteiger partial charge in [-0.3, -0.25) is 0 Å². The van der Waals surface area contributed by atoms with Crippen LogP contribution in [0.4, 0.5) is 0 Å². The van der Waals surface area contributed by atoms with E-state index in [9.17, 15) is 0 Å². The summed E-state index contributed by atoms with van der Waals surface area (Å²) in [6.45, 7) is 48.1. The molecule has 0 amide bonds. The van der Waals surface area contributed by atoms with Gasteiger partial charge in [-0.15, -0.1) is 52.6 Å². The lowest BCUT2D eigenvalue weighted by molar-refractivity contribution is 0.342. The summed E-state index contributed by atoms with van der Waals surface area (Å²) in [6.07, 6.45) is 0. The second-order valence-electron chi connectivity index (χ2n) is 13.3. The minimum atomic E-state index is -3.03. The van der Waals surface area contributed by atoms with E-state index in [0.29, 0.717) is 0 Å². The van der Waals surface area contributed by atoms with Gasteiger partial charge in [-0.05, 0) is 61.7 Å². The van der Waals surface area contributed by atoms with Gasteiger partial charge in [0, 0.05) is 0 Å². The topological polar surface area (TPSA) is 46.2 Å². The van der Waals surface area contributed by atoms with Crippen LogP contribution in [0.5, 0.6) is 0 Å². The fourth-order valence-electron chi connectivity index (χ4n) is 5.17. The van der Waals surface area contributed by atoms with Crippen molar-refractivity contribution in [2.45, 2.75) is 65.2 Å². The molecule has 5 nitrogen and oxygen atoms in total. The standard InChI is InChI=1S/C24H38O3Si4.C14H24O2Si3/c1-9-29(7,10-2)25-28(5,6)26-31(23-19-15-13-16-20-23,24-21-17-14-18-22-24)27-30(8,11-3)12-4;1-9-18(10-2,11-3)15-17(7,8)16-19(12-4,13-5)14-6/h9-10,13-22H,1-2,11-12H2,3-8H3;9-14H,1-6H2,7-8H3. The molecule has 2 rings (SSSR count). The molecule has 0 unspecified atom stereocenters. The molecule has 0 radical (unpaired) electrons. The van der Waals surface area contributed by atoms with Crippen molar-refractivity contribution >= 4 is 69.3 Å². The highest BCUT2D eigenvalue weighted by Crippen LogP contribution is 2.28. The van der Waals surface area contributed by atoms with E-state index in [2.05, 4.69) is 141 Å². The Labute approximate surface area is 312 Å². The Hall–Kier alpha value is -2.32. The summed E-state index contributed by atoms with van der Waals surface area (Å²) in [5.74, 6) is 0. The number of hydrogen-bond acceptors (Lipinski definition) is 5. The van der Waals surface area contributed by atoms with Gasteiger partial charge in [0.25, 0.3) is 16.6 Å². The molecule has 272 valence electrons. The monoisotopic (exact) mass is 794 g/mol. The Morgan fingerprint density at radius 2 is 0.760 bits per heavy atom. The molecule has 2 aromatic rings. The van der Waals surface area contributed by atoms with Crippen molar-refractivity contribution in [3.05, 3.63) is 159 Å². The van der Waals surface area contributed by atoms with Crippen molar-refractivity contribution in [2.24, 2.45) is 0 Å². The fraction of sp³-hybridized carbons (Fsp3) is 0.263. The van der Waals surface area contributed by atoms with Crippen LogP contribution in [0.25, 0.3) is 0 Å². The first-order valence-electron chi connectivity index (χ1n) is 17.1. The lowest BCUT2D eigenvalue weighted by atomic mass is 10.4. The van der Waals surface area contributed by atoms with Crippen LogP contribution in [-0.2, 0) is 20.6 Å². The molecule has 0 N–H and O–H groups in total. The molecule has 0 heterocycles. The van der Waals surface area contributed by atoms with Crippen molar-refractivity contribution < 1.29 is 20.6 Å². The lowest BCUT2D eigenvalue weighted by Gasteiger charge is -2.44. The van der Waals surface area contributed by atoms with Gasteiger partial charge in [-0.1, -0.05) is 120 Å². The van der Waals surface area contributed by atoms with Crippen molar-refractivity contribution in [3.63, 3.8) is 0 Å². The lowest BCUT2D eigenvalue weighted by Crippen LogP contribution is -2.71. The zero-order valence-corrected chi connectivity index (χ0v) is 39.0. The fourth-order valence-corrected chi connectivity index (χ4v) is 32.4. The minimum Gasteiger partial charge on any atom is -0.430 e. The van der Waals surface area contributed by atoms with E-state index in [4.69, 9.17) is 20.6 Å². The Kier molecular flexibility index (Phi) is 17.8. The maximum atomic E-state index is 7.29. The van der Waals surface area contributed by atoms with Crippen LogP contribution in [-0.4, -0.2) is 59.0 Å². The van der Waals surface area contributed by atoms with E-state index in [1.54, 1.807) is 34.2 Å². The molecule has 0 aromatic heterocycles. The smallest absolute Gasteiger partial charge is 0.388 e. The average Bonchev–Trinajstić information content (AvgIpc) is 3.13. The highest BCUT2D eigenvalue weighted by molar-refractivity contribution is 7.03. The molecule has 0 saturated heterocycles. The molecule has 0 aliphatic carbocycles. The first-order chi connectivity index (χ1) is 23.4. The Balaban J connectivity index is 0.000000566. The molecule has 0 atom stereocenters. The molecular weight excluding hydrogens is 733 g/mol. The van der Waals surface area contributed by atoms with Crippen molar-refractivity contribution in [1.82, 2.24) is 0 Å². The summed E-state index contributed by atoms with van der Waals surface area (Å²) in [6, 6.07) is 23.1. The Morgan fingerprint density at radius 1 is 0.440 bits per heavy atom. The first kappa shape index (κ1) is 45.7. The van der Waals surface area contributed by atoms with Crippen molar-refractivity contribution in [2.75, 3.05) is 0 Å². The predicted octanol–water partition coefficient (Wildman–Crippen LogP) is 9.60. The largest absolute Gasteiger partial charge is 0.430 e. The third-order valence-corrected chi connectivity index (χ3v) is 36.0. The highest BCUT2D eigenvalue weighted by Gasteiger charge is 2.52. The van der Waals surface area contributed by atoms with Gasteiger partial charge in [0.15, 0.2) is 8.32 Å². The van der Waals surface area contributed by atoms with Crippen LogP contribution >= 0.6 is 0 Å². The Bertz CT molecular complexity index is 1330. The predicted molar refractivity (Wildman–Crippen MR) is 236 cm³/mol. The molecule has 2 aromatic carbocycles. The van der Waals surface area contributed by atoms with E-state index in [0.717, 1.165) is 22.5 Å². The molecule has 12 heteroatoms. The number of rotatable bonds is 22. The average molecular weight is 796 g/mol. The van der Waals surface area contributed by atoms with E-state index in [1.807, 2.05) is 36.6 Å². The van der Waals surface area contributed by atoms with E-state index < -0.39 is 59.0 Å². The highest BCUT2D eigenvalue weighted by atomic mass is 28.5. The normalized spacial score (nSPS) is 12.8. The molecule has 0 aliphatic heterocycles. The molecule has 0 spiro atoms. The summed E-state index contributed by atoms with van der Waals surface area (Å²) >= 11 is 0. The Morgan fingerprint density at radius 3 is 1.04 bits per heavy atom. The van der Waals surface area contributed by atoms with Crippen LogP contribution in [0.2, 0.25) is 51.4 Å². The maximum Gasteiger partial charge on any atom is 0.388 e. The van der Waals surface area contributed by atoms with Crippen LogP contribution in [0.1, 0.15) is 13.8 Å². The summed E-state index contributed by atoms with van der Waals surface area (Å²) in [7, 11) is -17.0. The van der Waals surface area contributed by atoms with E-state index in [1.165, 1.54) is 0 Å². The van der Waals surface area contributed by atoms with Gasteiger partial charge in [-0.2, -0.15) is 0 Å².